The molecule has 0 unspecified atom stereocenters. The highest BCUT2D eigenvalue weighted by atomic mass is 32.1. The molecule has 3 amide bonds. The zero-order chi connectivity index (χ0) is 20.4. The maximum Gasteiger partial charge on any atom is 0.261 e. The Morgan fingerprint density at radius 1 is 1.14 bits per heavy atom. The van der Waals surface area contributed by atoms with E-state index in [1.165, 1.54) is 16.2 Å². The minimum Gasteiger partial charge on any atom is -0.494 e. The zero-order valence-electron chi connectivity index (χ0n) is 15.8. The number of aromatic nitrogens is 1. The molecule has 3 aromatic rings. The smallest absolute Gasteiger partial charge is 0.261 e. The van der Waals surface area contributed by atoms with E-state index >= 15 is 0 Å². The van der Waals surface area contributed by atoms with Crippen LogP contribution in [0.1, 0.15) is 40.5 Å². The third kappa shape index (κ3) is 3.84. The lowest BCUT2D eigenvalue weighted by Gasteiger charge is -2.13. The number of imide groups is 1. The molecule has 0 atom stereocenters. The number of carbonyl (C=O) groups is 3. The fourth-order valence-electron chi connectivity index (χ4n) is 3.24. The first-order chi connectivity index (χ1) is 14.1. The van der Waals surface area contributed by atoms with E-state index < -0.39 is 0 Å². The van der Waals surface area contributed by atoms with Crippen LogP contribution >= 0.6 is 11.3 Å². The number of nitrogens with one attached hydrogen (secondary N) is 1. The van der Waals surface area contributed by atoms with Crippen LogP contribution in [0.4, 0.5) is 5.13 Å². The number of hydrogen-bond donors (Lipinski definition) is 1. The van der Waals surface area contributed by atoms with Crippen molar-refractivity contribution in [3.63, 3.8) is 0 Å². The van der Waals surface area contributed by atoms with Crippen LogP contribution in [0, 0.1) is 0 Å². The van der Waals surface area contributed by atoms with E-state index in [-0.39, 0.29) is 30.7 Å². The average molecular weight is 409 g/mol. The normalized spacial score (nSPS) is 13.1. The zero-order valence-corrected chi connectivity index (χ0v) is 16.6. The van der Waals surface area contributed by atoms with Gasteiger partial charge < -0.3 is 10.1 Å². The molecule has 4 rings (SSSR count). The van der Waals surface area contributed by atoms with Gasteiger partial charge in [0.2, 0.25) is 5.91 Å². The van der Waals surface area contributed by atoms with Crippen LogP contribution < -0.4 is 10.1 Å². The molecule has 0 saturated heterocycles. The molecule has 0 bridgehead atoms. The molecule has 29 heavy (non-hydrogen) atoms. The SMILES string of the molecule is CCOc1ccc2nc(NC(=O)CCCN3C(=O)c4ccccc4C3=O)sc2c1. The lowest BCUT2D eigenvalue weighted by atomic mass is 10.1. The average Bonchev–Trinajstić information content (AvgIpc) is 3.21. The van der Waals surface area contributed by atoms with Gasteiger partial charge in [0.1, 0.15) is 5.75 Å². The Morgan fingerprint density at radius 3 is 2.55 bits per heavy atom. The van der Waals surface area contributed by atoms with Crippen LogP contribution in [0.15, 0.2) is 42.5 Å². The third-order valence-corrected chi connectivity index (χ3v) is 5.51. The van der Waals surface area contributed by atoms with E-state index in [4.69, 9.17) is 4.74 Å². The topological polar surface area (TPSA) is 88.6 Å². The Bertz CT molecular complexity index is 1070. The van der Waals surface area contributed by atoms with Crippen molar-refractivity contribution in [2.45, 2.75) is 19.8 Å². The van der Waals surface area contributed by atoms with Gasteiger partial charge in [0.05, 0.1) is 28.0 Å². The highest BCUT2D eigenvalue weighted by molar-refractivity contribution is 7.22. The summed E-state index contributed by atoms with van der Waals surface area (Å²) in [5, 5.41) is 3.30. The second-order valence-corrected chi connectivity index (χ2v) is 7.57. The fourth-order valence-corrected chi connectivity index (χ4v) is 4.15. The molecular weight excluding hydrogens is 390 g/mol. The highest BCUT2D eigenvalue weighted by Gasteiger charge is 2.34. The van der Waals surface area contributed by atoms with Crippen LogP contribution in [0.2, 0.25) is 0 Å². The van der Waals surface area contributed by atoms with Gasteiger partial charge in [0.25, 0.3) is 11.8 Å². The summed E-state index contributed by atoms with van der Waals surface area (Å²) in [6.07, 6.45) is 0.574. The summed E-state index contributed by atoms with van der Waals surface area (Å²) in [6, 6.07) is 12.4. The van der Waals surface area contributed by atoms with Gasteiger partial charge in [-0.3, -0.25) is 19.3 Å². The Morgan fingerprint density at radius 2 is 1.86 bits per heavy atom. The molecule has 8 heteroatoms. The molecule has 0 fully saturated rings. The number of fused-ring (bicyclic) bond motifs is 2. The molecule has 148 valence electrons. The van der Waals surface area contributed by atoms with E-state index in [0.29, 0.717) is 29.3 Å². The first-order valence-corrected chi connectivity index (χ1v) is 10.2. The van der Waals surface area contributed by atoms with Gasteiger partial charge in [-0.15, -0.1) is 0 Å². The van der Waals surface area contributed by atoms with Crippen molar-refractivity contribution in [2.24, 2.45) is 0 Å². The largest absolute Gasteiger partial charge is 0.494 e. The van der Waals surface area contributed by atoms with Crippen molar-refractivity contribution in [1.29, 1.82) is 0 Å². The van der Waals surface area contributed by atoms with Crippen LogP contribution in [-0.4, -0.2) is 40.8 Å². The molecule has 1 aliphatic rings. The van der Waals surface area contributed by atoms with Gasteiger partial charge in [-0.2, -0.15) is 0 Å². The lowest BCUT2D eigenvalue weighted by molar-refractivity contribution is -0.116. The van der Waals surface area contributed by atoms with Gasteiger partial charge in [-0.25, -0.2) is 4.98 Å². The molecule has 2 heterocycles. The van der Waals surface area contributed by atoms with E-state index in [1.54, 1.807) is 24.3 Å². The van der Waals surface area contributed by atoms with Crippen LogP contribution in [0.3, 0.4) is 0 Å². The quantitative estimate of drug-likeness (QED) is 0.601. The number of carbonyl (C=O) groups excluding carboxylic acids is 3. The number of nitrogens with zero attached hydrogens (tertiary/aromatic N) is 2. The minimum absolute atomic E-state index is 0.188. The minimum atomic E-state index is -0.303. The Balaban J connectivity index is 1.32. The maximum absolute atomic E-state index is 12.3. The molecule has 1 aromatic heterocycles. The van der Waals surface area contributed by atoms with E-state index in [1.807, 2.05) is 25.1 Å². The van der Waals surface area contributed by atoms with Crippen molar-refractivity contribution in [3.05, 3.63) is 53.6 Å². The monoisotopic (exact) mass is 409 g/mol. The number of benzene rings is 2. The van der Waals surface area contributed by atoms with Crippen LogP contribution in [-0.2, 0) is 4.79 Å². The van der Waals surface area contributed by atoms with Crippen molar-refractivity contribution in [1.82, 2.24) is 9.88 Å². The molecule has 1 N–H and O–H groups in total. The lowest BCUT2D eigenvalue weighted by Crippen LogP contribution is -2.31. The first-order valence-electron chi connectivity index (χ1n) is 9.35. The van der Waals surface area contributed by atoms with Crippen molar-refractivity contribution in [2.75, 3.05) is 18.5 Å². The van der Waals surface area contributed by atoms with Crippen molar-refractivity contribution in [3.8, 4) is 5.75 Å². The molecular formula is C21H19N3O4S. The number of amides is 3. The molecule has 0 saturated carbocycles. The highest BCUT2D eigenvalue weighted by Crippen LogP contribution is 2.29. The predicted molar refractivity (Wildman–Crippen MR) is 110 cm³/mol. The van der Waals surface area contributed by atoms with Gasteiger partial charge in [-0.1, -0.05) is 23.5 Å². The van der Waals surface area contributed by atoms with E-state index in [0.717, 1.165) is 16.0 Å². The number of ether oxygens (including phenoxy) is 1. The van der Waals surface area contributed by atoms with Gasteiger partial charge in [0, 0.05) is 13.0 Å². The summed E-state index contributed by atoms with van der Waals surface area (Å²) in [5.41, 5.74) is 1.63. The Hall–Kier alpha value is -3.26. The van der Waals surface area contributed by atoms with Gasteiger partial charge in [0.15, 0.2) is 5.13 Å². The molecule has 7 nitrogen and oxygen atoms in total. The summed E-state index contributed by atoms with van der Waals surface area (Å²) in [4.78, 5) is 42.5. The van der Waals surface area contributed by atoms with Crippen molar-refractivity contribution < 1.29 is 19.1 Å². The second-order valence-electron chi connectivity index (χ2n) is 6.54. The maximum atomic E-state index is 12.3. The third-order valence-electron chi connectivity index (χ3n) is 4.58. The summed E-state index contributed by atoms with van der Waals surface area (Å²) in [5.74, 6) is -0.0438. The van der Waals surface area contributed by atoms with Crippen LogP contribution in [0.25, 0.3) is 10.2 Å². The molecule has 0 radical (unpaired) electrons. The number of anilines is 1. The van der Waals surface area contributed by atoms with Gasteiger partial charge in [-0.05, 0) is 43.7 Å². The van der Waals surface area contributed by atoms with Crippen molar-refractivity contribution >= 4 is 44.4 Å². The molecule has 1 aliphatic heterocycles. The molecule has 2 aromatic carbocycles. The number of thiazole rings is 1. The van der Waals surface area contributed by atoms with Gasteiger partial charge >= 0.3 is 0 Å². The fraction of sp³-hybridized carbons (Fsp3) is 0.238. The second kappa shape index (κ2) is 8.00. The summed E-state index contributed by atoms with van der Waals surface area (Å²) < 4.78 is 6.41. The van der Waals surface area contributed by atoms with Crippen LogP contribution in [0.5, 0.6) is 5.75 Å². The molecule has 0 aliphatic carbocycles. The number of rotatable bonds is 7. The Labute approximate surface area is 171 Å². The summed E-state index contributed by atoms with van der Waals surface area (Å²) in [7, 11) is 0. The van der Waals surface area contributed by atoms with E-state index in [2.05, 4.69) is 10.3 Å². The summed E-state index contributed by atoms with van der Waals surface area (Å²) in [6.45, 7) is 2.71. The first kappa shape index (κ1) is 19.1. The summed E-state index contributed by atoms with van der Waals surface area (Å²) >= 11 is 1.38. The molecule has 0 spiro atoms. The number of hydrogen-bond acceptors (Lipinski definition) is 6. The van der Waals surface area contributed by atoms with E-state index in [9.17, 15) is 14.4 Å². The Kier molecular flexibility index (Phi) is 5.26. The standard InChI is InChI=1S/C21H19N3O4S/c1-2-28-13-9-10-16-17(12-13)29-21(22-16)23-18(25)8-5-11-24-19(26)14-6-3-4-7-15(14)20(24)27/h3-4,6-7,9-10,12H,2,5,8,11H2,1H3,(H,22,23,25). The predicted octanol–water partition coefficient (Wildman–Crippen LogP) is 3.71.